The Morgan fingerprint density at radius 1 is 0.630 bits per heavy atom. The van der Waals surface area contributed by atoms with Gasteiger partial charge in [0.2, 0.25) is 6.10 Å². The maximum absolute atomic E-state index is 13.0. The number of carboxylic acids is 1. The number of hydrogen-bond donors (Lipinski definition) is 3. The van der Waals surface area contributed by atoms with Gasteiger partial charge >= 0.3 is 36.3 Å². The Morgan fingerprint density at radius 2 is 1.02 bits per heavy atom. The van der Waals surface area contributed by atoms with Crippen LogP contribution in [0.4, 0.5) is 4.79 Å². The number of carbonyl (C=O) groups excluding carboxylic acids is 8. The molecule has 2 aliphatic heterocycles. The predicted octanol–water partition coefficient (Wildman–Crippen LogP) is 10.8. The quantitative estimate of drug-likeness (QED) is 0.0757. The molecule has 5 rings (SSSR count). The van der Waals surface area contributed by atoms with Gasteiger partial charge in [0.25, 0.3) is 5.91 Å². The maximum Gasteiger partial charge on any atom is 0.407 e. The normalized spacial score (nSPS) is 16.2. The van der Waals surface area contributed by atoms with Crippen LogP contribution in [-0.4, -0.2) is 132 Å². The van der Waals surface area contributed by atoms with Crippen molar-refractivity contribution >= 4 is 72.3 Å². The molecule has 0 bridgehead atoms. The summed E-state index contributed by atoms with van der Waals surface area (Å²) in [6.07, 6.45) is 2.55. The van der Waals surface area contributed by atoms with Gasteiger partial charge in [0.15, 0.2) is 22.7 Å². The summed E-state index contributed by atoms with van der Waals surface area (Å²) in [4.78, 5) is 96.2. The van der Waals surface area contributed by atoms with Crippen LogP contribution >= 0.6 is 13.5 Å². The first-order valence-corrected chi connectivity index (χ1v) is 33.9. The van der Waals surface area contributed by atoms with Crippen LogP contribution < -0.4 is 10.6 Å². The molecule has 0 aromatic heterocycles. The topological polar surface area (TPSA) is 247 Å². The number of fused-ring (bicyclic) bond motifs is 3. The van der Waals surface area contributed by atoms with E-state index in [9.17, 15) is 29.1 Å². The fraction of sp³-hybridized carbons (Fsp3) is 0.683. The van der Waals surface area contributed by atoms with E-state index in [0.29, 0.717) is 24.2 Å². The fourth-order valence-electron chi connectivity index (χ4n) is 8.39. The monoisotopic (exact) mass is 1190 g/mol. The van der Waals surface area contributed by atoms with Gasteiger partial charge in [-0.05, 0) is 115 Å². The Bertz CT molecular complexity index is 2280. The number of ether oxygens (including phenoxy) is 3. The first-order valence-electron chi connectivity index (χ1n) is 28.1. The van der Waals surface area contributed by atoms with E-state index in [-0.39, 0.29) is 85.0 Å². The van der Waals surface area contributed by atoms with Crippen LogP contribution in [0.3, 0.4) is 0 Å². The van der Waals surface area contributed by atoms with Gasteiger partial charge in [0, 0.05) is 37.1 Å². The van der Waals surface area contributed by atoms with Gasteiger partial charge in [-0.15, -0.1) is 0 Å². The standard InChI is InChI=1S/C25H29NO6.C22H43NO4Si.C11H25NOSi.2CO2.H2S/c1-14(2)21(24(29)32-22(15(3)4)23(27)28)26-25(30)31-13-20-18-11-7-5-9-16(18)17-10-6-8-12-19(17)20;1-15(2)17(5)21(25)26-19(16(3)4)20(24)23-13-11-18(12-14-23)27-28(9,10)22(6,7)8;1-11(2,3)14(4,5)13-10-6-8-12-9-7-10;2*2-1-3;/h5-12,14-15,20-22H,13H2,1-4H3,(H,26,30)(H,27,28);15-19H,11-14H2,1-10H3;10,12H,6-9H2,1-5H3;;;1H2/t21-,22+;17-,19+;;;;/m11..../s1. The Hall–Kier alpha value is -4.99. The van der Waals surface area contributed by atoms with Crippen molar-refractivity contribution in [1.29, 1.82) is 0 Å². The molecule has 18 nitrogen and oxygen atoms in total. The SMILES string of the molecule is CC(C)(C)[Si](C)(C)OC1CCNCC1.CC(C)[C@H](OC(=O)[C@H](C)C(C)C)C(=O)N1CCC(O[Si](C)(C)C(C)(C)C)CC1.CC(C)[C@H](OC(=O)[C@H](NC(=O)OCC1c2ccccc2-c2ccccc21)C(C)C)C(=O)O.O=C=O.O=C=O.S. The number of carbonyl (C=O) groups is 5. The average molecular weight is 1190 g/mol. The van der Waals surface area contributed by atoms with Crippen molar-refractivity contribution in [1.82, 2.24) is 15.5 Å². The molecule has 1 aliphatic carbocycles. The molecule has 4 atom stereocenters. The Morgan fingerprint density at radius 3 is 1.40 bits per heavy atom. The van der Waals surface area contributed by atoms with Crippen molar-refractivity contribution in [3.05, 3.63) is 59.7 Å². The Kier molecular flexibility index (Phi) is 33.1. The molecule has 81 heavy (non-hydrogen) atoms. The molecular weight excluding hydrogens is 1090 g/mol. The predicted molar refractivity (Wildman–Crippen MR) is 320 cm³/mol. The highest BCUT2D eigenvalue weighted by atomic mass is 32.1. The zero-order valence-corrected chi connectivity index (χ0v) is 54.9. The second-order valence-corrected chi connectivity index (χ2v) is 34.7. The summed E-state index contributed by atoms with van der Waals surface area (Å²) in [7, 11) is -3.32. The Labute approximate surface area is 492 Å². The second kappa shape index (κ2) is 35.2. The van der Waals surface area contributed by atoms with Crippen molar-refractivity contribution in [2.45, 2.75) is 202 Å². The largest absolute Gasteiger partial charge is 0.478 e. The molecule has 0 spiro atoms. The summed E-state index contributed by atoms with van der Waals surface area (Å²) in [5, 5.41) is 15.7. The molecule has 0 unspecified atom stereocenters. The van der Waals surface area contributed by atoms with E-state index in [1.54, 1.807) is 27.7 Å². The maximum atomic E-state index is 13.0. The number of alkyl carbamates (subject to hydrolysis) is 1. The van der Waals surface area contributed by atoms with Crippen molar-refractivity contribution < 1.29 is 71.3 Å². The third kappa shape index (κ3) is 24.4. The van der Waals surface area contributed by atoms with Crippen LogP contribution in [0.2, 0.25) is 36.3 Å². The van der Waals surface area contributed by atoms with E-state index in [1.165, 1.54) is 12.8 Å². The van der Waals surface area contributed by atoms with Gasteiger partial charge in [-0.1, -0.05) is 152 Å². The number of amides is 2. The lowest BCUT2D eigenvalue weighted by Gasteiger charge is -2.42. The highest BCUT2D eigenvalue weighted by molar-refractivity contribution is 7.59. The average Bonchev–Trinajstić information content (AvgIpc) is 3.68. The summed E-state index contributed by atoms with van der Waals surface area (Å²) in [5.74, 6) is -3.25. The van der Waals surface area contributed by atoms with Crippen LogP contribution in [0, 0.1) is 29.6 Å². The highest BCUT2D eigenvalue weighted by Gasteiger charge is 2.42. The van der Waals surface area contributed by atoms with Gasteiger partial charge in [-0.25, -0.2) is 14.4 Å². The summed E-state index contributed by atoms with van der Waals surface area (Å²) in [5.41, 5.74) is 4.41. The van der Waals surface area contributed by atoms with Gasteiger partial charge in [0.05, 0.1) is 5.92 Å². The number of rotatable bonds is 17. The number of nitrogens with zero attached hydrogens (tertiary/aromatic N) is 1. The molecular formula is C60H99N3O15SSi2. The van der Waals surface area contributed by atoms with Crippen LogP contribution in [0.1, 0.15) is 147 Å². The minimum absolute atomic E-state index is 0. The summed E-state index contributed by atoms with van der Waals surface area (Å²) >= 11 is 0. The molecule has 2 saturated heterocycles. The van der Waals surface area contributed by atoms with Crippen molar-refractivity contribution in [3.63, 3.8) is 0 Å². The molecule has 3 N–H and O–H groups in total. The zero-order valence-electron chi connectivity index (χ0n) is 51.9. The molecule has 2 fully saturated rings. The van der Waals surface area contributed by atoms with E-state index in [2.05, 4.69) is 78.4 Å². The summed E-state index contributed by atoms with van der Waals surface area (Å²) in [6.45, 7) is 43.1. The highest BCUT2D eigenvalue weighted by Crippen LogP contribution is 2.45. The van der Waals surface area contributed by atoms with E-state index in [0.717, 1.165) is 48.2 Å². The first kappa shape index (κ1) is 76.0. The third-order valence-electron chi connectivity index (χ3n) is 15.7. The first-order chi connectivity index (χ1) is 37.0. The number of hydrogen-bond acceptors (Lipinski definition) is 15. The van der Waals surface area contributed by atoms with Crippen LogP contribution in [-0.2, 0) is 61.4 Å². The van der Waals surface area contributed by atoms with Gasteiger partial charge in [0.1, 0.15) is 12.6 Å². The van der Waals surface area contributed by atoms with Gasteiger partial charge < -0.3 is 43.7 Å². The van der Waals surface area contributed by atoms with Crippen LogP contribution in [0.5, 0.6) is 0 Å². The van der Waals surface area contributed by atoms with E-state index in [1.807, 2.05) is 88.0 Å². The molecule has 2 aromatic carbocycles. The van der Waals surface area contributed by atoms with E-state index < -0.39 is 58.8 Å². The van der Waals surface area contributed by atoms with Crippen molar-refractivity contribution in [2.24, 2.45) is 29.6 Å². The smallest absolute Gasteiger partial charge is 0.407 e. The second-order valence-electron chi connectivity index (χ2n) is 25.2. The van der Waals surface area contributed by atoms with Crippen LogP contribution in [0.25, 0.3) is 11.1 Å². The lowest BCUT2D eigenvalue weighted by molar-refractivity contribution is -0.193. The zero-order chi connectivity index (χ0) is 61.5. The summed E-state index contributed by atoms with van der Waals surface area (Å²) < 4.78 is 29.2. The molecule has 21 heteroatoms. The number of carboxylic acid groups (broad SMARTS) is 1. The number of likely N-dealkylation sites (tertiary alicyclic amines) is 1. The molecule has 2 aromatic rings. The number of aliphatic carboxylic acids is 1. The summed E-state index contributed by atoms with van der Waals surface area (Å²) in [6, 6.07) is 15.0. The van der Waals surface area contributed by atoms with Gasteiger partial charge in [-0.3, -0.25) is 9.59 Å². The number of piperidine rings is 2. The lowest BCUT2D eigenvalue weighted by atomic mass is 9.98. The number of esters is 2. The number of nitrogens with one attached hydrogen (secondary N) is 2. The third-order valence-corrected chi connectivity index (χ3v) is 24.7. The molecule has 3 aliphatic rings. The van der Waals surface area contributed by atoms with E-state index >= 15 is 0 Å². The van der Waals surface area contributed by atoms with Gasteiger partial charge in [-0.2, -0.15) is 32.7 Å². The van der Waals surface area contributed by atoms with Crippen LogP contribution in [0.15, 0.2) is 48.5 Å². The molecule has 0 saturated carbocycles. The molecule has 2 heterocycles. The minimum Gasteiger partial charge on any atom is -0.478 e. The Balaban J connectivity index is 0.00000119. The van der Waals surface area contributed by atoms with Crippen molar-refractivity contribution in [2.75, 3.05) is 32.8 Å². The molecule has 0 radical (unpaired) electrons. The molecule has 2 amide bonds. The fourth-order valence-corrected chi connectivity index (χ4v) is 11.2. The minimum atomic E-state index is -1.80. The number of benzene rings is 2. The van der Waals surface area contributed by atoms with Crippen molar-refractivity contribution in [3.8, 4) is 11.1 Å². The lowest BCUT2D eigenvalue weighted by Crippen LogP contribution is -2.51. The van der Waals surface area contributed by atoms with E-state index in [4.69, 9.17) is 42.2 Å². The molecule has 458 valence electrons.